The summed E-state index contributed by atoms with van der Waals surface area (Å²) in [5, 5.41) is 0. The van der Waals surface area contributed by atoms with Gasteiger partial charge in [0.25, 0.3) is 0 Å². The van der Waals surface area contributed by atoms with Gasteiger partial charge >= 0.3 is 0 Å². The fraction of sp³-hybridized carbons (Fsp3) is 0.500. The zero-order valence-corrected chi connectivity index (χ0v) is 24.7. The van der Waals surface area contributed by atoms with E-state index in [1.54, 1.807) is 0 Å². The van der Waals surface area contributed by atoms with Crippen LogP contribution in [-0.4, -0.2) is 11.6 Å². The van der Waals surface area contributed by atoms with Gasteiger partial charge in [-0.25, -0.2) is 0 Å². The molecule has 2 heteroatoms. The summed E-state index contributed by atoms with van der Waals surface area (Å²) in [5.41, 5.74) is 7.33. The summed E-state index contributed by atoms with van der Waals surface area (Å²) in [7, 11) is 0. The number of ketones is 2. The van der Waals surface area contributed by atoms with Gasteiger partial charge in [-0.1, -0.05) is 88.1 Å². The number of rotatable bonds is 14. The summed E-state index contributed by atoms with van der Waals surface area (Å²) in [4.78, 5) is 26.7. The lowest BCUT2D eigenvalue weighted by atomic mass is 9.82. The third-order valence-corrected chi connectivity index (χ3v) is 7.70. The average Bonchev–Trinajstić information content (AvgIpc) is 2.86. The summed E-state index contributed by atoms with van der Waals surface area (Å²) in [6.07, 6.45) is 15.7. The lowest BCUT2D eigenvalue weighted by Crippen LogP contribution is -2.21. The highest BCUT2D eigenvalue weighted by Crippen LogP contribution is 2.29. The molecule has 2 nitrogen and oxygen atoms in total. The minimum absolute atomic E-state index is 0.0147. The van der Waals surface area contributed by atoms with Crippen molar-refractivity contribution in [3.8, 4) is 0 Å². The lowest BCUT2D eigenvalue weighted by molar-refractivity contribution is 0.0979. The fourth-order valence-electron chi connectivity index (χ4n) is 5.31. The van der Waals surface area contributed by atoms with E-state index in [4.69, 9.17) is 0 Å². The molecule has 204 valence electrons. The molecule has 0 radical (unpaired) electrons. The van der Waals surface area contributed by atoms with Gasteiger partial charge < -0.3 is 0 Å². The van der Waals surface area contributed by atoms with E-state index < -0.39 is 0 Å². The van der Waals surface area contributed by atoms with E-state index in [1.165, 1.54) is 36.8 Å². The molecule has 0 unspecified atom stereocenters. The van der Waals surface area contributed by atoms with Gasteiger partial charge in [-0.3, -0.25) is 9.59 Å². The zero-order chi connectivity index (χ0) is 27.7. The molecule has 0 aromatic heterocycles. The highest BCUT2D eigenvalue weighted by molar-refractivity contribution is 6.28. The molecule has 0 fully saturated rings. The number of aryl methyl sites for hydroxylation is 2. The van der Waals surface area contributed by atoms with Crippen LogP contribution < -0.4 is 0 Å². The van der Waals surface area contributed by atoms with E-state index in [2.05, 4.69) is 53.7 Å². The molecule has 0 heterocycles. The van der Waals surface area contributed by atoms with Crippen LogP contribution in [0.1, 0.15) is 136 Å². The predicted molar refractivity (Wildman–Crippen MR) is 161 cm³/mol. The quantitative estimate of drug-likeness (QED) is 0.201. The molecule has 0 spiro atoms. The largest absolute Gasteiger partial charge is 0.289 e. The van der Waals surface area contributed by atoms with Crippen LogP contribution in [0.3, 0.4) is 0 Å². The molecule has 0 aliphatic heterocycles. The molecule has 0 atom stereocenters. The second-order valence-corrected chi connectivity index (χ2v) is 12.2. The van der Waals surface area contributed by atoms with Crippen molar-refractivity contribution in [2.45, 2.75) is 106 Å². The maximum Gasteiger partial charge on any atom is 0.194 e. The molecule has 0 amide bonds. The monoisotopic (exact) mass is 512 g/mol. The molecule has 0 saturated carbocycles. The third-order valence-electron chi connectivity index (χ3n) is 7.70. The van der Waals surface area contributed by atoms with Crippen molar-refractivity contribution in [3.63, 3.8) is 0 Å². The number of carbonyl (C=O) groups is 2. The van der Waals surface area contributed by atoms with Gasteiger partial charge in [0.2, 0.25) is 0 Å². The van der Waals surface area contributed by atoms with Crippen molar-refractivity contribution in [3.05, 3.63) is 93.1 Å². The van der Waals surface area contributed by atoms with E-state index in [0.29, 0.717) is 22.3 Å². The van der Waals surface area contributed by atoms with Gasteiger partial charge in [0.15, 0.2) is 11.6 Å². The van der Waals surface area contributed by atoms with E-state index in [1.807, 2.05) is 36.4 Å². The molecule has 0 N–H and O–H groups in total. The maximum atomic E-state index is 13.5. The van der Waals surface area contributed by atoms with Gasteiger partial charge in [0.05, 0.1) is 0 Å². The minimum atomic E-state index is -0.0329. The van der Waals surface area contributed by atoms with Crippen molar-refractivity contribution in [1.29, 1.82) is 0 Å². The Morgan fingerprint density at radius 3 is 1.42 bits per heavy atom. The Balaban J connectivity index is 1.64. The van der Waals surface area contributed by atoms with Crippen molar-refractivity contribution < 1.29 is 9.59 Å². The highest BCUT2D eigenvalue weighted by atomic mass is 16.1. The summed E-state index contributed by atoms with van der Waals surface area (Å²) in [6, 6.07) is 11.6. The Labute approximate surface area is 231 Å². The number of hydrogen-bond donors (Lipinski definition) is 0. The summed E-state index contributed by atoms with van der Waals surface area (Å²) < 4.78 is 0. The van der Waals surface area contributed by atoms with Gasteiger partial charge in [-0.2, -0.15) is 0 Å². The fourth-order valence-corrected chi connectivity index (χ4v) is 5.31. The van der Waals surface area contributed by atoms with Crippen LogP contribution in [0.15, 0.2) is 59.7 Å². The first-order chi connectivity index (χ1) is 18.2. The van der Waals surface area contributed by atoms with E-state index in [0.717, 1.165) is 61.5 Å². The smallest absolute Gasteiger partial charge is 0.194 e. The van der Waals surface area contributed by atoms with Crippen LogP contribution in [0.5, 0.6) is 0 Å². The molecule has 3 rings (SSSR count). The second-order valence-electron chi connectivity index (χ2n) is 12.2. The van der Waals surface area contributed by atoms with Crippen molar-refractivity contribution >= 4 is 11.6 Å². The van der Waals surface area contributed by atoms with Crippen molar-refractivity contribution in [1.82, 2.24) is 0 Å². The van der Waals surface area contributed by atoms with Gasteiger partial charge in [-0.05, 0) is 100 Å². The van der Waals surface area contributed by atoms with Crippen LogP contribution in [0, 0.1) is 11.8 Å². The van der Waals surface area contributed by atoms with Crippen molar-refractivity contribution in [2.24, 2.45) is 11.8 Å². The molecular weight excluding hydrogens is 464 g/mol. The van der Waals surface area contributed by atoms with E-state index in [-0.39, 0.29) is 11.6 Å². The predicted octanol–water partition coefficient (Wildman–Crippen LogP) is 9.87. The number of benzene rings is 2. The van der Waals surface area contributed by atoms with Crippen LogP contribution >= 0.6 is 0 Å². The molecule has 38 heavy (non-hydrogen) atoms. The normalized spacial score (nSPS) is 13.9. The zero-order valence-electron chi connectivity index (χ0n) is 24.7. The Morgan fingerprint density at radius 2 is 1.03 bits per heavy atom. The van der Waals surface area contributed by atoms with Crippen LogP contribution in [-0.2, 0) is 12.8 Å². The first kappa shape index (κ1) is 29.8. The lowest BCUT2D eigenvalue weighted by Gasteiger charge is -2.19. The standard InChI is InChI=1S/C36H48O2/c1-25(2)11-7-13-27(5)15-9-17-29-19-21-31-33(23-29)36(38)34-24-30(20-22-32(34)35(31)37)18-10-16-28(6)14-8-12-26(3)4/h15-16,19-26H,7-14,17-18H2,1-6H3. The molecule has 2 aromatic carbocycles. The topological polar surface area (TPSA) is 34.1 Å². The molecule has 1 aliphatic carbocycles. The number of carbonyl (C=O) groups excluding carboxylic acids is 2. The van der Waals surface area contributed by atoms with Crippen molar-refractivity contribution in [2.75, 3.05) is 0 Å². The highest BCUT2D eigenvalue weighted by Gasteiger charge is 2.29. The Bertz CT molecular complexity index is 1090. The second kappa shape index (κ2) is 14.4. The molecule has 0 saturated heterocycles. The number of allylic oxidation sites excluding steroid dienone is 4. The van der Waals surface area contributed by atoms with E-state index >= 15 is 0 Å². The first-order valence-electron chi connectivity index (χ1n) is 14.8. The number of hydrogen-bond acceptors (Lipinski definition) is 2. The first-order valence-corrected chi connectivity index (χ1v) is 14.8. The van der Waals surface area contributed by atoms with Crippen LogP contribution in [0.2, 0.25) is 0 Å². The number of fused-ring (bicyclic) bond motifs is 2. The third kappa shape index (κ3) is 8.65. The average molecular weight is 513 g/mol. The van der Waals surface area contributed by atoms with Gasteiger partial charge in [0.1, 0.15) is 0 Å². The van der Waals surface area contributed by atoms with Crippen LogP contribution in [0.4, 0.5) is 0 Å². The molecule has 0 bridgehead atoms. The van der Waals surface area contributed by atoms with Gasteiger partial charge in [0, 0.05) is 22.3 Å². The van der Waals surface area contributed by atoms with E-state index in [9.17, 15) is 9.59 Å². The molecule has 1 aliphatic rings. The van der Waals surface area contributed by atoms with Crippen LogP contribution in [0.25, 0.3) is 0 Å². The SMILES string of the molecule is CC(=CCCc1ccc2c(c1)C(=O)c1cc(CCC=C(C)CCCC(C)C)ccc1C2=O)CCCC(C)C. The Morgan fingerprint density at radius 1 is 0.632 bits per heavy atom. The summed E-state index contributed by atoms with van der Waals surface area (Å²) in [5.74, 6) is 1.46. The molecular formula is C36H48O2. The summed E-state index contributed by atoms with van der Waals surface area (Å²) in [6.45, 7) is 13.5. The Hall–Kier alpha value is -2.74. The minimum Gasteiger partial charge on any atom is -0.289 e. The Kier molecular flexibility index (Phi) is 11.3. The van der Waals surface area contributed by atoms with Gasteiger partial charge in [-0.15, -0.1) is 0 Å². The summed E-state index contributed by atoms with van der Waals surface area (Å²) >= 11 is 0. The maximum absolute atomic E-state index is 13.5. The molecule has 2 aromatic rings.